The van der Waals surface area contributed by atoms with Crippen molar-refractivity contribution >= 4 is 22.2 Å². The van der Waals surface area contributed by atoms with Crippen molar-refractivity contribution in [3.63, 3.8) is 0 Å². The Kier molecular flexibility index (Phi) is 6.93. The summed E-state index contributed by atoms with van der Waals surface area (Å²) >= 11 is 1.51. The molecule has 1 N–H and O–H groups in total. The third kappa shape index (κ3) is 3.49. The van der Waals surface area contributed by atoms with E-state index < -0.39 is 0 Å². The van der Waals surface area contributed by atoms with Gasteiger partial charge in [-0.05, 0) is 19.2 Å². The van der Waals surface area contributed by atoms with Crippen LogP contribution in [0.2, 0.25) is 0 Å². The fraction of sp³-hybridized carbons (Fsp3) is 0.222. The third-order valence-electron chi connectivity index (χ3n) is 1.52. The minimum Gasteiger partial charge on any atom is -0.678 e. The van der Waals surface area contributed by atoms with Gasteiger partial charge in [0.1, 0.15) is 0 Å². The number of nitrogens with zero attached hydrogens (tertiary/aromatic N) is 1. The van der Waals surface area contributed by atoms with Crippen LogP contribution in [0.3, 0.4) is 0 Å². The van der Waals surface area contributed by atoms with Crippen LogP contribution in [0.25, 0.3) is 5.32 Å². The van der Waals surface area contributed by atoms with E-state index in [1.54, 1.807) is 7.05 Å². The maximum absolute atomic E-state index is 11.4. The molecule has 3 nitrogen and oxygen atoms in total. The van der Waals surface area contributed by atoms with Gasteiger partial charge < -0.3 is 10.6 Å². The second-order valence-corrected chi connectivity index (χ2v) is 3.71. The van der Waals surface area contributed by atoms with Crippen LogP contribution in [0.4, 0.5) is 5.00 Å². The van der Waals surface area contributed by atoms with E-state index in [2.05, 4.69) is 17.2 Å². The average molecular weight is 234 g/mol. The van der Waals surface area contributed by atoms with E-state index in [1.165, 1.54) is 17.5 Å². The van der Waals surface area contributed by atoms with Crippen LogP contribution in [0, 0.1) is 6.92 Å². The summed E-state index contributed by atoms with van der Waals surface area (Å²) in [5.74, 6) is -0.153. The van der Waals surface area contributed by atoms with Crippen molar-refractivity contribution in [3.8, 4) is 0 Å². The number of rotatable bonds is 3. The smallest absolute Gasteiger partial charge is 0.678 e. The topological polar surface area (TPSA) is 43.2 Å². The Hall–Kier alpha value is 0.346. The fourth-order valence-electron chi connectivity index (χ4n) is 1.00. The molecule has 1 aromatic heterocycles. The van der Waals surface area contributed by atoms with Gasteiger partial charge in [0.05, 0.1) is 0 Å². The van der Waals surface area contributed by atoms with E-state index in [9.17, 15) is 4.79 Å². The molecule has 0 bridgehead atoms. The molecule has 1 aromatic rings. The van der Waals surface area contributed by atoms with Gasteiger partial charge in [-0.1, -0.05) is 11.6 Å². The monoisotopic (exact) mass is 234 g/mol. The first-order valence-corrected chi connectivity index (χ1v) is 4.62. The van der Waals surface area contributed by atoms with E-state index in [4.69, 9.17) is 0 Å². The maximum Gasteiger partial charge on any atom is 1.00 e. The Balaban J connectivity index is 0.00000169. The molecule has 14 heavy (non-hydrogen) atoms. The van der Waals surface area contributed by atoms with Gasteiger partial charge in [-0.15, -0.1) is 7.05 Å². The van der Waals surface area contributed by atoms with E-state index in [0.29, 0.717) is 5.56 Å². The van der Waals surface area contributed by atoms with Crippen molar-refractivity contribution in [2.75, 3.05) is 7.05 Å². The number of hydrogen-bond donors (Lipinski definition) is 1. The van der Waals surface area contributed by atoms with Crippen LogP contribution in [-0.2, 0) is 0 Å². The van der Waals surface area contributed by atoms with E-state index in [-0.39, 0.29) is 57.3 Å². The van der Waals surface area contributed by atoms with Crippen LogP contribution in [0.15, 0.2) is 18.8 Å². The molecule has 1 rings (SSSR count). The number of carbonyl (C=O) groups is 1. The van der Waals surface area contributed by atoms with Crippen molar-refractivity contribution in [3.05, 3.63) is 34.6 Å². The van der Waals surface area contributed by atoms with E-state index >= 15 is 0 Å². The summed E-state index contributed by atoms with van der Waals surface area (Å²) in [4.78, 5) is 12.5. The molecule has 0 spiro atoms. The van der Waals surface area contributed by atoms with Gasteiger partial charge in [0.25, 0.3) is 5.91 Å². The quantitative estimate of drug-likeness (QED) is 0.709. The molecule has 0 saturated carbocycles. The molecule has 0 unspecified atom stereocenters. The number of carbonyl (C=O) groups excluding carboxylic acids is 1. The predicted octanol–water partition coefficient (Wildman–Crippen LogP) is -0.431. The summed E-state index contributed by atoms with van der Waals surface area (Å²) in [6.07, 6.45) is 1.37. The van der Waals surface area contributed by atoms with Crippen molar-refractivity contribution in [1.82, 2.24) is 5.32 Å². The zero-order chi connectivity index (χ0) is 9.84. The van der Waals surface area contributed by atoms with Gasteiger partial charge >= 0.3 is 51.4 Å². The molecule has 0 aliphatic heterocycles. The van der Waals surface area contributed by atoms with Crippen molar-refractivity contribution in [1.29, 1.82) is 0 Å². The second kappa shape index (κ2) is 6.76. The maximum atomic E-state index is 11.4. The van der Waals surface area contributed by atoms with Crippen LogP contribution >= 0.6 is 11.3 Å². The molecule has 70 valence electrons. The molecule has 1 heterocycles. The Bertz CT molecular complexity index is 336. The summed E-state index contributed by atoms with van der Waals surface area (Å²) in [5, 5.41) is 7.30. The number of amides is 1. The van der Waals surface area contributed by atoms with Gasteiger partial charge in [0.15, 0.2) is 0 Å². The molecule has 1 amide bonds. The number of thiophene rings is 1. The summed E-state index contributed by atoms with van der Waals surface area (Å²) in [6, 6.07) is 1.83. The van der Waals surface area contributed by atoms with Crippen LogP contribution in [0.1, 0.15) is 15.2 Å². The first-order valence-electron chi connectivity index (χ1n) is 3.81. The summed E-state index contributed by atoms with van der Waals surface area (Å²) in [6.45, 7) is 5.38. The Labute approximate surface area is 130 Å². The number of nitrogens with one attached hydrogen (secondary N) is 1. The van der Waals surface area contributed by atoms with Crippen molar-refractivity contribution < 1.29 is 56.2 Å². The van der Waals surface area contributed by atoms with Crippen LogP contribution in [0.5, 0.6) is 0 Å². The Morgan fingerprint density at radius 3 is 2.86 bits per heavy atom. The first-order chi connectivity index (χ1) is 6.19. The Morgan fingerprint density at radius 2 is 2.36 bits per heavy atom. The minimum absolute atomic E-state index is 0. The zero-order valence-electron chi connectivity index (χ0n) is 8.63. The van der Waals surface area contributed by atoms with Gasteiger partial charge in [0.2, 0.25) is 0 Å². The van der Waals surface area contributed by atoms with Crippen molar-refractivity contribution in [2.24, 2.45) is 0 Å². The third-order valence-corrected chi connectivity index (χ3v) is 2.55. The summed E-state index contributed by atoms with van der Waals surface area (Å²) in [5.41, 5.74) is 0.616. The summed E-state index contributed by atoms with van der Waals surface area (Å²) in [7, 11) is 1.68. The molecule has 0 aliphatic rings. The van der Waals surface area contributed by atoms with E-state index in [0.717, 1.165) is 9.88 Å². The first kappa shape index (κ1) is 14.3. The average Bonchev–Trinajstić information content (AvgIpc) is 2.47. The zero-order valence-corrected chi connectivity index (χ0v) is 12.6. The van der Waals surface area contributed by atoms with Crippen molar-refractivity contribution in [2.45, 2.75) is 6.92 Å². The molecule has 5 heteroatoms. The molecule has 0 atom stereocenters. The Morgan fingerprint density at radius 1 is 1.71 bits per heavy atom. The largest absolute Gasteiger partial charge is 1.00 e. The molecular weight excluding hydrogens is 223 g/mol. The fourth-order valence-corrected chi connectivity index (χ4v) is 1.84. The molecular formula is C9H11KN2OS. The standard InChI is InChI=1S/C9H12N2OS.K/c1-4-11-8(12)7-5-6(2)13-9(7)10-3;/h4-5H,1H2,2-3H3,(H2,10,11,12);/q;+1/p-1. The van der Waals surface area contributed by atoms with Gasteiger partial charge in [-0.2, -0.15) is 11.3 Å². The SMILES string of the molecule is C=CNC(=O)c1cc(C)sc1[N-]C.[K+]. The van der Waals surface area contributed by atoms with Gasteiger partial charge in [-0.25, -0.2) is 0 Å². The molecule has 0 aliphatic carbocycles. The minimum atomic E-state index is -0.153. The normalized spacial score (nSPS) is 8.71. The van der Waals surface area contributed by atoms with Crippen LogP contribution in [-0.4, -0.2) is 13.0 Å². The molecule has 0 saturated heterocycles. The van der Waals surface area contributed by atoms with Crippen LogP contribution < -0.4 is 56.7 Å². The number of aryl methyl sites for hydroxylation is 1. The number of hydrogen-bond acceptors (Lipinski definition) is 2. The molecule has 0 aromatic carbocycles. The van der Waals surface area contributed by atoms with E-state index in [1.807, 2.05) is 13.0 Å². The van der Waals surface area contributed by atoms with Gasteiger partial charge in [0, 0.05) is 10.4 Å². The van der Waals surface area contributed by atoms with Gasteiger partial charge in [-0.3, -0.25) is 4.79 Å². The summed E-state index contributed by atoms with van der Waals surface area (Å²) < 4.78 is 0. The predicted molar refractivity (Wildman–Crippen MR) is 55.7 cm³/mol. The molecule has 0 fully saturated rings. The second-order valence-electron chi connectivity index (χ2n) is 2.48. The molecule has 0 radical (unpaired) electrons.